The number of Topliss-reactive ketones (excluding diaryl/α,β-unsaturated/α-hetero) is 1. The molecule has 0 radical (unpaired) electrons. The summed E-state index contributed by atoms with van der Waals surface area (Å²) in [5.41, 5.74) is 6.45. The Morgan fingerprint density at radius 2 is 1.56 bits per heavy atom. The lowest BCUT2D eigenvalue weighted by molar-refractivity contribution is -0.116. The van der Waals surface area contributed by atoms with E-state index in [1.165, 1.54) is 5.56 Å². The maximum absolute atomic E-state index is 14.0. The van der Waals surface area contributed by atoms with Crippen LogP contribution in [0.15, 0.2) is 89.3 Å². The van der Waals surface area contributed by atoms with Crippen molar-refractivity contribution in [2.45, 2.75) is 44.9 Å². The van der Waals surface area contributed by atoms with Gasteiger partial charge < -0.3 is 24.8 Å². The maximum Gasteiger partial charge on any atom is 0.254 e. The van der Waals surface area contributed by atoms with Crippen molar-refractivity contribution in [2.75, 3.05) is 26.6 Å². The van der Waals surface area contributed by atoms with Crippen molar-refractivity contribution in [1.82, 2.24) is 5.32 Å². The molecule has 0 spiro atoms. The van der Waals surface area contributed by atoms with Gasteiger partial charge in [-0.25, -0.2) is 0 Å². The Hall–Kier alpha value is -4.52. The van der Waals surface area contributed by atoms with E-state index < -0.39 is 5.92 Å². The highest BCUT2D eigenvalue weighted by Gasteiger charge is 2.41. The molecule has 41 heavy (non-hydrogen) atoms. The number of hydrogen-bond donors (Lipinski definition) is 2. The van der Waals surface area contributed by atoms with Gasteiger partial charge in [-0.15, -0.1) is 0 Å². The van der Waals surface area contributed by atoms with Gasteiger partial charge in [-0.1, -0.05) is 49.4 Å². The van der Waals surface area contributed by atoms with E-state index in [4.69, 9.17) is 14.2 Å². The number of carbonyl (C=O) groups is 2. The van der Waals surface area contributed by atoms with E-state index in [2.05, 4.69) is 29.7 Å². The van der Waals surface area contributed by atoms with Crippen molar-refractivity contribution in [3.63, 3.8) is 0 Å². The van der Waals surface area contributed by atoms with Gasteiger partial charge in [0.1, 0.15) is 5.75 Å². The lowest BCUT2D eigenvalue weighted by atomic mass is 9.71. The summed E-state index contributed by atoms with van der Waals surface area (Å²) < 4.78 is 16.4. The average Bonchev–Trinajstić information content (AvgIpc) is 3.00. The van der Waals surface area contributed by atoms with Crippen LogP contribution in [0.2, 0.25) is 0 Å². The lowest BCUT2D eigenvalue weighted by Gasteiger charge is -2.37. The summed E-state index contributed by atoms with van der Waals surface area (Å²) in [5.74, 6) is 1.07. The SMILES string of the molecule is CCc1ccc([C@H]2C(C(=O)Nc3ccccc3OC)=C(C)NC3=C2C(=O)C[C@H](c2ccc(OC)c(OC)c2)C3)cc1. The molecular weight excluding hydrogens is 516 g/mol. The molecule has 3 aromatic carbocycles. The minimum absolute atomic E-state index is 0.0261. The minimum Gasteiger partial charge on any atom is -0.495 e. The summed E-state index contributed by atoms with van der Waals surface area (Å²) >= 11 is 0. The van der Waals surface area contributed by atoms with Crippen LogP contribution in [0.1, 0.15) is 55.2 Å². The number of amides is 1. The number of ether oxygens (including phenoxy) is 3. The number of methoxy groups -OCH3 is 3. The third-order valence-electron chi connectivity index (χ3n) is 8.03. The first kappa shape index (κ1) is 28.0. The van der Waals surface area contributed by atoms with Crippen LogP contribution in [0.5, 0.6) is 17.2 Å². The first-order chi connectivity index (χ1) is 19.9. The van der Waals surface area contributed by atoms with Crippen molar-refractivity contribution in [2.24, 2.45) is 0 Å². The largest absolute Gasteiger partial charge is 0.495 e. The molecule has 212 valence electrons. The number of nitrogens with one attached hydrogen (secondary N) is 2. The standard InChI is InChI=1S/C34H36N2O5/c1-6-21-11-13-22(14-12-21)32-31(34(38)36-25-9-7-8-10-28(25)39-3)20(2)35-26-17-24(18-27(37)33(26)32)23-15-16-29(40-4)30(19-23)41-5/h7-16,19,24,32,35H,6,17-18H2,1-5H3,(H,36,38)/t24-,32+/m1/s1. The molecule has 2 atom stereocenters. The zero-order chi connectivity index (χ0) is 29.1. The van der Waals surface area contributed by atoms with E-state index in [0.29, 0.717) is 46.9 Å². The van der Waals surface area contributed by atoms with Crippen molar-refractivity contribution >= 4 is 17.4 Å². The molecule has 0 saturated heterocycles. The Balaban J connectivity index is 1.55. The Morgan fingerprint density at radius 1 is 0.878 bits per heavy atom. The number of allylic oxidation sites excluding steroid dienone is 3. The van der Waals surface area contributed by atoms with E-state index in [-0.39, 0.29) is 17.6 Å². The van der Waals surface area contributed by atoms with Gasteiger partial charge in [0.2, 0.25) is 0 Å². The van der Waals surface area contributed by atoms with Gasteiger partial charge in [0, 0.05) is 34.9 Å². The minimum atomic E-state index is -0.495. The average molecular weight is 553 g/mol. The van der Waals surface area contributed by atoms with Crippen molar-refractivity contribution < 1.29 is 23.8 Å². The fraction of sp³-hybridized carbons (Fsp3) is 0.294. The molecule has 2 N–H and O–H groups in total. The Bertz CT molecular complexity index is 1540. The van der Waals surface area contributed by atoms with E-state index >= 15 is 0 Å². The topological polar surface area (TPSA) is 85.9 Å². The summed E-state index contributed by atoms with van der Waals surface area (Å²) in [6, 6.07) is 21.3. The molecule has 1 amide bonds. The quantitative estimate of drug-likeness (QED) is 0.342. The summed E-state index contributed by atoms with van der Waals surface area (Å²) in [4.78, 5) is 27.9. The van der Waals surface area contributed by atoms with Crippen LogP contribution in [-0.4, -0.2) is 33.0 Å². The number of carbonyl (C=O) groups excluding carboxylic acids is 2. The number of hydrogen-bond acceptors (Lipinski definition) is 6. The zero-order valence-corrected chi connectivity index (χ0v) is 24.2. The molecule has 1 aliphatic carbocycles. The van der Waals surface area contributed by atoms with E-state index in [0.717, 1.165) is 28.9 Å². The molecule has 0 aromatic heterocycles. The molecule has 0 fully saturated rings. The number of anilines is 1. The number of dihydropyridines is 1. The molecule has 7 nitrogen and oxygen atoms in total. The van der Waals surface area contributed by atoms with Crippen molar-refractivity contribution in [3.8, 4) is 17.2 Å². The smallest absolute Gasteiger partial charge is 0.254 e. The predicted octanol–water partition coefficient (Wildman–Crippen LogP) is 6.28. The Morgan fingerprint density at radius 3 is 2.24 bits per heavy atom. The molecule has 1 heterocycles. The van der Waals surface area contributed by atoms with Crippen LogP contribution in [0.25, 0.3) is 0 Å². The van der Waals surface area contributed by atoms with Crippen LogP contribution in [0.3, 0.4) is 0 Å². The number of benzene rings is 3. The zero-order valence-electron chi connectivity index (χ0n) is 24.2. The fourth-order valence-electron chi connectivity index (χ4n) is 5.90. The van der Waals surface area contributed by atoms with Crippen LogP contribution in [0, 0.1) is 0 Å². The van der Waals surface area contributed by atoms with Gasteiger partial charge in [0.25, 0.3) is 5.91 Å². The molecule has 0 bridgehead atoms. The third-order valence-corrected chi connectivity index (χ3v) is 8.03. The van der Waals surface area contributed by atoms with Crippen molar-refractivity contribution in [1.29, 1.82) is 0 Å². The van der Waals surface area contributed by atoms with E-state index in [9.17, 15) is 9.59 Å². The molecule has 0 saturated carbocycles. The molecule has 3 aromatic rings. The fourth-order valence-corrected chi connectivity index (χ4v) is 5.90. The summed E-state index contributed by atoms with van der Waals surface area (Å²) in [6.07, 6.45) is 1.88. The van der Waals surface area contributed by atoms with Gasteiger partial charge in [-0.05, 0) is 66.6 Å². The normalized spacial score (nSPS) is 18.4. The number of ketones is 1. The lowest BCUT2D eigenvalue weighted by Crippen LogP contribution is -2.37. The van der Waals surface area contributed by atoms with Gasteiger partial charge in [-0.2, -0.15) is 0 Å². The highest BCUT2D eigenvalue weighted by molar-refractivity contribution is 6.10. The second kappa shape index (κ2) is 11.9. The monoisotopic (exact) mass is 552 g/mol. The van der Waals surface area contributed by atoms with Crippen molar-refractivity contribution in [3.05, 3.63) is 106 Å². The van der Waals surface area contributed by atoms with Crippen LogP contribution in [-0.2, 0) is 16.0 Å². The van der Waals surface area contributed by atoms with Crippen LogP contribution >= 0.6 is 0 Å². The van der Waals surface area contributed by atoms with E-state index in [1.807, 2.05) is 49.4 Å². The van der Waals surface area contributed by atoms with Crippen LogP contribution < -0.4 is 24.8 Å². The van der Waals surface area contributed by atoms with E-state index in [1.54, 1.807) is 33.5 Å². The second-order valence-corrected chi connectivity index (χ2v) is 10.4. The van der Waals surface area contributed by atoms with Gasteiger partial charge in [0.15, 0.2) is 17.3 Å². The Kier molecular flexibility index (Phi) is 8.15. The van der Waals surface area contributed by atoms with Crippen LogP contribution in [0.4, 0.5) is 5.69 Å². The highest BCUT2D eigenvalue weighted by Crippen LogP contribution is 2.46. The Labute approximate surface area is 241 Å². The molecule has 1 aliphatic heterocycles. The molecule has 7 heteroatoms. The molecule has 2 aliphatic rings. The first-order valence-electron chi connectivity index (χ1n) is 13.9. The van der Waals surface area contributed by atoms with Gasteiger partial charge in [-0.3, -0.25) is 9.59 Å². The van der Waals surface area contributed by atoms with Gasteiger partial charge in [0.05, 0.1) is 27.0 Å². The molecule has 5 rings (SSSR count). The number of para-hydroxylation sites is 2. The second-order valence-electron chi connectivity index (χ2n) is 10.4. The summed E-state index contributed by atoms with van der Waals surface area (Å²) in [6.45, 7) is 4.01. The number of aryl methyl sites for hydroxylation is 1. The molecular formula is C34H36N2O5. The first-order valence-corrected chi connectivity index (χ1v) is 13.9. The number of rotatable bonds is 8. The molecule has 0 unspecified atom stereocenters. The predicted molar refractivity (Wildman–Crippen MR) is 160 cm³/mol. The summed E-state index contributed by atoms with van der Waals surface area (Å²) in [7, 11) is 4.79. The third kappa shape index (κ3) is 5.44. The summed E-state index contributed by atoms with van der Waals surface area (Å²) in [5, 5.41) is 6.49. The maximum atomic E-state index is 14.0. The van der Waals surface area contributed by atoms with Gasteiger partial charge >= 0.3 is 0 Å². The highest BCUT2D eigenvalue weighted by atomic mass is 16.5.